The number of carbonyl (C=O) groups is 1. The van der Waals surface area contributed by atoms with E-state index in [1.807, 2.05) is 24.7 Å². The van der Waals surface area contributed by atoms with Gasteiger partial charge in [0, 0.05) is 18.6 Å². The molecule has 3 heteroatoms. The SMILES string of the molecule is CCCCCCCc1c(C(=O)O)cc[n+](C)c1C. The summed E-state index contributed by atoms with van der Waals surface area (Å²) in [5.41, 5.74) is 2.51. The molecule has 0 saturated carbocycles. The predicted molar refractivity (Wildman–Crippen MR) is 71.8 cm³/mol. The van der Waals surface area contributed by atoms with Crippen LogP contribution in [0.15, 0.2) is 12.3 Å². The molecule has 1 aromatic rings. The quantitative estimate of drug-likeness (QED) is 0.597. The summed E-state index contributed by atoms with van der Waals surface area (Å²) in [6, 6.07) is 1.71. The van der Waals surface area contributed by atoms with E-state index in [4.69, 9.17) is 0 Å². The number of unbranched alkanes of at least 4 members (excludes halogenated alkanes) is 4. The number of rotatable bonds is 7. The Morgan fingerprint density at radius 1 is 1.28 bits per heavy atom. The molecule has 0 aliphatic carbocycles. The smallest absolute Gasteiger partial charge is 0.336 e. The molecule has 100 valence electrons. The van der Waals surface area contributed by atoms with Crippen molar-refractivity contribution in [2.24, 2.45) is 7.05 Å². The largest absolute Gasteiger partial charge is 0.478 e. The lowest BCUT2D eigenvalue weighted by Gasteiger charge is -2.07. The Morgan fingerprint density at radius 2 is 1.94 bits per heavy atom. The Labute approximate surface area is 109 Å². The van der Waals surface area contributed by atoms with Gasteiger partial charge in [0.15, 0.2) is 11.9 Å². The van der Waals surface area contributed by atoms with Crippen LogP contribution in [-0.2, 0) is 13.5 Å². The van der Waals surface area contributed by atoms with E-state index in [9.17, 15) is 9.90 Å². The van der Waals surface area contributed by atoms with Crippen LogP contribution in [0.1, 0.15) is 60.6 Å². The van der Waals surface area contributed by atoms with Crippen molar-refractivity contribution >= 4 is 5.97 Å². The van der Waals surface area contributed by atoms with Crippen LogP contribution in [0.5, 0.6) is 0 Å². The Bertz CT molecular complexity index is 413. The van der Waals surface area contributed by atoms with Crippen LogP contribution in [0, 0.1) is 6.92 Å². The molecule has 1 aromatic heterocycles. The van der Waals surface area contributed by atoms with Gasteiger partial charge in [-0.15, -0.1) is 0 Å². The second-order valence-electron chi connectivity index (χ2n) is 4.87. The Morgan fingerprint density at radius 3 is 2.56 bits per heavy atom. The van der Waals surface area contributed by atoms with Crippen LogP contribution in [0.4, 0.5) is 0 Å². The number of aromatic carboxylic acids is 1. The number of nitrogens with zero attached hydrogens (tertiary/aromatic N) is 1. The van der Waals surface area contributed by atoms with E-state index < -0.39 is 5.97 Å². The van der Waals surface area contributed by atoms with Gasteiger partial charge in [0.05, 0.1) is 5.56 Å². The highest BCUT2D eigenvalue weighted by molar-refractivity contribution is 5.89. The lowest BCUT2D eigenvalue weighted by Crippen LogP contribution is -2.33. The molecule has 1 heterocycles. The van der Waals surface area contributed by atoms with Crippen molar-refractivity contribution in [1.29, 1.82) is 0 Å². The first kappa shape index (κ1) is 14.7. The zero-order valence-corrected chi connectivity index (χ0v) is 11.7. The summed E-state index contributed by atoms with van der Waals surface area (Å²) in [4.78, 5) is 11.2. The van der Waals surface area contributed by atoms with Gasteiger partial charge in [-0.2, -0.15) is 0 Å². The molecule has 0 aliphatic rings. The maximum Gasteiger partial charge on any atom is 0.336 e. The monoisotopic (exact) mass is 250 g/mol. The molecule has 0 saturated heterocycles. The zero-order chi connectivity index (χ0) is 13.5. The summed E-state index contributed by atoms with van der Waals surface area (Å²) in [7, 11) is 1.96. The molecule has 0 aromatic carbocycles. The van der Waals surface area contributed by atoms with E-state index in [-0.39, 0.29) is 0 Å². The highest BCUT2D eigenvalue weighted by atomic mass is 16.4. The normalized spacial score (nSPS) is 10.6. The third-order valence-electron chi connectivity index (χ3n) is 3.52. The molecule has 18 heavy (non-hydrogen) atoms. The van der Waals surface area contributed by atoms with E-state index in [0.717, 1.165) is 24.1 Å². The molecule has 0 atom stereocenters. The summed E-state index contributed by atoms with van der Waals surface area (Å²) in [6.45, 7) is 4.19. The number of carboxylic acids is 1. The maximum atomic E-state index is 11.2. The average Bonchev–Trinajstić information content (AvgIpc) is 2.33. The van der Waals surface area contributed by atoms with Crippen molar-refractivity contribution in [2.45, 2.75) is 52.4 Å². The van der Waals surface area contributed by atoms with Gasteiger partial charge < -0.3 is 5.11 Å². The van der Waals surface area contributed by atoms with Crippen LogP contribution in [0.3, 0.4) is 0 Å². The first-order valence-corrected chi connectivity index (χ1v) is 6.79. The van der Waals surface area contributed by atoms with E-state index in [1.54, 1.807) is 6.07 Å². The molecule has 0 unspecified atom stereocenters. The van der Waals surface area contributed by atoms with Crippen molar-refractivity contribution in [2.75, 3.05) is 0 Å². The molecule has 1 rings (SSSR count). The minimum absolute atomic E-state index is 0.459. The molecular formula is C15H24NO2+. The van der Waals surface area contributed by atoms with Gasteiger partial charge >= 0.3 is 5.97 Å². The van der Waals surface area contributed by atoms with Crippen molar-refractivity contribution in [1.82, 2.24) is 0 Å². The minimum atomic E-state index is -0.817. The van der Waals surface area contributed by atoms with E-state index in [2.05, 4.69) is 6.92 Å². The van der Waals surface area contributed by atoms with Crippen molar-refractivity contribution in [3.8, 4) is 0 Å². The standard InChI is InChI=1S/C15H23NO2/c1-4-5-6-7-8-9-13-12(2)16(3)11-10-14(13)15(17)18/h10-11H,4-9H2,1-3H3/p+1. The molecule has 1 N–H and O–H groups in total. The zero-order valence-electron chi connectivity index (χ0n) is 11.7. The molecular weight excluding hydrogens is 226 g/mol. The summed E-state index contributed by atoms with van der Waals surface area (Å²) in [6.07, 6.45) is 8.70. The third kappa shape index (κ3) is 3.83. The number of carboxylic acid groups (broad SMARTS) is 1. The second-order valence-corrected chi connectivity index (χ2v) is 4.87. The van der Waals surface area contributed by atoms with E-state index in [1.165, 1.54) is 25.7 Å². The predicted octanol–water partition coefficient (Wildman–Crippen LogP) is 3.03. The van der Waals surface area contributed by atoms with Crippen molar-refractivity contribution < 1.29 is 14.5 Å². The Balaban J connectivity index is 2.73. The van der Waals surface area contributed by atoms with Gasteiger partial charge in [0.25, 0.3) is 0 Å². The molecule has 0 amide bonds. The van der Waals surface area contributed by atoms with E-state index in [0.29, 0.717) is 5.56 Å². The van der Waals surface area contributed by atoms with Gasteiger partial charge in [-0.1, -0.05) is 32.6 Å². The third-order valence-corrected chi connectivity index (χ3v) is 3.52. The fourth-order valence-electron chi connectivity index (χ4n) is 2.23. The van der Waals surface area contributed by atoms with Gasteiger partial charge in [-0.3, -0.25) is 0 Å². The number of hydrogen-bond donors (Lipinski definition) is 1. The van der Waals surface area contributed by atoms with Crippen molar-refractivity contribution in [3.05, 3.63) is 29.1 Å². The van der Waals surface area contributed by atoms with Crippen LogP contribution in [0.2, 0.25) is 0 Å². The van der Waals surface area contributed by atoms with Gasteiger partial charge in [-0.25, -0.2) is 9.36 Å². The van der Waals surface area contributed by atoms with Gasteiger partial charge in [0.1, 0.15) is 7.05 Å². The van der Waals surface area contributed by atoms with Crippen LogP contribution in [0.25, 0.3) is 0 Å². The van der Waals surface area contributed by atoms with E-state index >= 15 is 0 Å². The summed E-state index contributed by atoms with van der Waals surface area (Å²) < 4.78 is 1.99. The molecule has 0 fully saturated rings. The fraction of sp³-hybridized carbons (Fsp3) is 0.600. The summed E-state index contributed by atoms with van der Waals surface area (Å²) in [5, 5.41) is 9.21. The number of pyridine rings is 1. The van der Waals surface area contributed by atoms with Crippen LogP contribution >= 0.6 is 0 Å². The first-order chi connectivity index (χ1) is 8.57. The van der Waals surface area contributed by atoms with Crippen LogP contribution in [-0.4, -0.2) is 11.1 Å². The Kier molecular flexibility index (Phi) is 5.83. The maximum absolute atomic E-state index is 11.2. The minimum Gasteiger partial charge on any atom is -0.478 e. The van der Waals surface area contributed by atoms with Gasteiger partial charge in [-0.05, 0) is 12.8 Å². The lowest BCUT2D eigenvalue weighted by atomic mass is 9.99. The molecule has 0 aliphatic heterocycles. The van der Waals surface area contributed by atoms with Gasteiger partial charge in [0.2, 0.25) is 0 Å². The van der Waals surface area contributed by atoms with Crippen molar-refractivity contribution in [3.63, 3.8) is 0 Å². The Hall–Kier alpha value is -1.38. The molecule has 0 radical (unpaired) electrons. The summed E-state index contributed by atoms with van der Waals surface area (Å²) >= 11 is 0. The number of aryl methyl sites for hydroxylation is 1. The highest BCUT2D eigenvalue weighted by Gasteiger charge is 2.17. The van der Waals surface area contributed by atoms with Crippen LogP contribution < -0.4 is 4.57 Å². The fourth-order valence-corrected chi connectivity index (χ4v) is 2.23. The topological polar surface area (TPSA) is 41.2 Å². The summed E-state index contributed by atoms with van der Waals surface area (Å²) in [5.74, 6) is -0.817. The molecule has 0 bridgehead atoms. The number of aromatic nitrogens is 1. The lowest BCUT2D eigenvalue weighted by molar-refractivity contribution is -0.678. The molecule has 3 nitrogen and oxygen atoms in total. The average molecular weight is 250 g/mol. The highest BCUT2D eigenvalue weighted by Crippen LogP contribution is 2.15. The number of hydrogen-bond acceptors (Lipinski definition) is 1. The second kappa shape index (κ2) is 7.14. The first-order valence-electron chi connectivity index (χ1n) is 6.79. The molecule has 0 spiro atoms.